The van der Waals surface area contributed by atoms with E-state index in [1.807, 2.05) is 6.07 Å². The van der Waals surface area contributed by atoms with E-state index in [1.165, 1.54) is 29.2 Å². The maximum atomic E-state index is 11.6. The summed E-state index contributed by atoms with van der Waals surface area (Å²) in [7, 11) is 1.68. The second kappa shape index (κ2) is 9.89. The van der Waals surface area contributed by atoms with Gasteiger partial charge in [-0.2, -0.15) is 0 Å². The molecule has 0 saturated carbocycles. The van der Waals surface area contributed by atoms with Gasteiger partial charge in [-0.3, -0.25) is 9.59 Å². The summed E-state index contributed by atoms with van der Waals surface area (Å²) in [6.45, 7) is 12.1. The molecular formula is C30H38O6. The van der Waals surface area contributed by atoms with E-state index in [0.29, 0.717) is 13.2 Å². The molecule has 0 aliphatic heterocycles. The molecule has 1 atom stereocenters. The molecule has 0 heterocycles. The molecule has 0 bridgehead atoms. The highest BCUT2D eigenvalue weighted by molar-refractivity contribution is 5.94. The van der Waals surface area contributed by atoms with Crippen LogP contribution >= 0.6 is 0 Å². The first-order chi connectivity index (χ1) is 17.0. The molecule has 2 aliphatic carbocycles. The van der Waals surface area contributed by atoms with E-state index in [9.17, 15) is 9.59 Å². The van der Waals surface area contributed by atoms with E-state index in [1.54, 1.807) is 7.11 Å². The molecule has 6 nitrogen and oxygen atoms in total. The van der Waals surface area contributed by atoms with Crippen molar-refractivity contribution in [1.29, 1.82) is 0 Å². The van der Waals surface area contributed by atoms with Crippen LogP contribution in [0, 0.1) is 0 Å². The quantitative estimate of drug-likeness (QED) is 0.255. The third-order valence-electron chi connectivity index (χ3n) is 7.52. The monoisotopic (exact) mass is 494 g/mol. The van der Waals surface area contributed by atoms with Gasteiger partial charge in [-0.15, -0.1) is 0 Å². The number of ketones is 1. The Bertz CT molecular complexity index is 1140. The molecule has 0 radical (unpaired) electrons. The molecular weight excluding hydrogens is 456 g/mol. The molecule has 1 spiro atoms. The highest BCUT2D eigenvalue weighted by Crippen LogP contribution is 2.63. The Kier molecular flexibility index (Phi) is 7.20. The molecule has 2 aromatic rings. The van der Waals surface area contributed by atoms with Crippen molar-refractivity contribution in [1.82, 2.24) is 0 Å². The molecule has 194 valence electrons. The Morgan fingerprint density at radius 3 is 1.72 bits per heavy atom. The molecule has 2 aliphatic rings. The molecule has 36 heavy (non-hydrogen) atoms. The lowest BCUT2D eigenvalue weighted by Crippen LogP contribution is -2.27. The highest BCUT2D eigenvalue weighted by Gasteiger charge is 2.56. The van der Waals surface area contributed by atoms with Crippen molar-refractivity contribution in [2.75, 3.05) is 33.5 Å². The SMILES string of the molecule is COCCOc1ccc2c(c1)C1(CC2(C)C)CC(C)(C)c2ccc(OCCOC(=O)CC(C)=O)cc21. The fourth-order valence-corrected chi connectivity index (χ4v) is 6.30. The Morgan fingerprint density at radius 1 is 0.750 bits per heavy atom. The van der Waals surface area contributed by atoms with Crippen LogP contribution in [0.4, 0.5) is 0 Å². The van der Waals surface area contributed by atoms with Crippen LogP contribution in [0.2, 0.25) is 0 Å². The number of carbonyl (C=O) groups excluding carboxylic acids is 2. The van der Waals surface area contributed by atoms with Crippen LogP contribution in [0.15, 0.2) is 36.4 Å². The number of methoxy groups -OCH3 is 1. The lowest BCUT2D eigenvalue weighted by atomic mass is 9.72. The number of Topliss-reactive ketones (excluding diaryl/α,β-unsaturated/α-hetero) is 1. The first-order valence-corrected chi connectivity index (χ1v) is 12.7. The number of hydrogen-bond acceptors (Lipinski definition) is 6. The molecule has 0 N–H and O–H groups in total. The zero-order valence-corrected chi connectivity index (χ0v) is 22.4. The number of rotatable bonds is 10. The number of esters is 1. The summed E-state index contributed by atoms with van der Waals surface area (Å²) in [5.74, 6) is 0.898. The molecule has 1 unspecified atom stereocenters. The van der Waals surface area contributed by atoms with Gasteiger partial charge in [0.05, 0.1) is 6.61 Å². The number of hydrogen-bond donors (Lipinski definition) is 0. The third kappa shape index (κ3) is 5.01. The van der Waals surface area contributed by atoms with Crippen molar-refractivity contribution in [3.05, 3.63) is 58.7 Å². The highest BCUT2D eigenvalue weighted by atomic mass is 16.6. The van der Waals surface area contributed by atoms with Crippen LogP contribution < -0.4 is 9.47 Å². The van der Waals surface area contributed by atoms with E-state index in [4.69, 9.17) is 18.9 Å². The van der Waals surface area contributed by atoms with Crippen molar-refractivity contribution in [2.45, 2.75) is 70.1 Å². The van der Waals surface area contributed by atoms with Gasteiger partial charge in [-0.1, -0.05) is 39.8 Å². The van der Waals surface area contributed by atoms with Crippen molar-refractivity contribution >= 4 is 11.8 Å². The molecule has 2 aromatic carbocycles. The molecule has 0 saturated heterocycles. The van der Waals surface area contributed by atoms with Gasteiger partial charge in [0.15, 0.2) is 0 Å². The van der Waals surface area contributed by atoms with E-state index < -0.39 is 5.97 Å². The minimum atomic E-state index is -0.519. The summed E-state index contributed by atoms with van der Waals surface area (Å²) in [5.41, 5.74) is 5.27. The molecule has 0 aromatic heterocycles. The minimum Gasteiger partial charge on any atom is -0.491 e. The van der Waals surface area contributed by atoms with Crippen LogP contribution in [-0.4, -0.2) is 45.3 Å². The van der Waals surface area contributed by atoms with Crippen molar-refractivity contribution in [3.8, 4) is 11.5 Å². The van der Waals surface area contributed by atoms with Gasteiger partial charge in [0.2, 0.25) is 0 Å². The second-order valence-electron chi connectivity index (χ2n) is 11.4. The standard InChI is InChI=1S/C30H38O6/c1-20(31)15-27(32)36-14-13-35-22-8-10-24-26(17-22)30(19-29(24,4)5)18-28(2,3)23-9-7-21(16-25(23)30)34-12-11-33-6/h7-10,16-17H,11-15,18-19H2,1-6H3. The van der Waals surface area contributed by atoms with Crippen LogP contribution in [-0.2, 0) is 35.3 Å². The van der Waals surface area contributed by atoms with E-state index in [-0.39, 0.29) is 41.7 Å². The van der Waals surface area contributed by atoms with Crippen LogP contribution in [0.1, 0.15) is 76.1 Å². The van der Waals surface area contributed by atoms with Crippen LogP contribution in [0.5, 0.6) is 11.5 Å². The average molecular weight is 495 g/mol. The van der Waals surface area contributed by atoms with Crippen molar-refractivity contribution < 1.29 is 28.5 Å². The number of ether oxygens (including phenoxy) is 4. The maximum absolute atomic E-state index is 11.6. The van der Waals surface area contributed by atoms with E-state index >= 15 is 0 Å². The zero-order chi connectivity index (χ0) is 26.1. The topological polar surface area (TPSA) is 71.1 Å². The van der Waals surface area contributed by atoms with Gasteiger partial charge < -0.3 is 18.9 Å². The number of carbonyl (C=O) groups is 2. The molecule has 0 amide bonds. The normalized spacial score (nSPS) is 20.6. The molecule has 4 rings (SSSR count). The van der Waals surface area contributed by atoms with Crippen LogP contribution in [0.25, 0.3) is 0 Å². The maximum Gasteiger partial charge on any atom is 0.313 e. The smallest absolute Gasteiger partial charge is 0.313 e. The van der Waals surface area contributed by atoms with Gasteiger partial charge in [-0.25, -0.2) is 0 Å². The number of fused-ring (bicyclic) bond motifs is 4. The summed E-state index contributed by atoms with van der Waals surface area (Å²) in [6, 6.07) is 12.9. The van der Waals surface area contributed by atoms with Crippen molar-refractivity contribution in [2.24, 2.45) is 0 Å². The number of benzene rings is 2. The van der Waals surface area contributed by atoms with Gasteiger partial charge in [0.25, 0.3) is 0 Å². The Hall–Kier alpha value is -2.86. The first-order valence-electron chi connectivity index (χ1n) is 12.7. The Labute approximate surface area is 214 Å². The van der Waals surface area contributed by atoms with Gasteiger partial charge in [0.1, 0.15) is 43.5 Å². The predicted octanol–water partition coefficient (Wildman–Crippen LogP) is 5.26. The summed E-state index contributed by atoms with van der Waals surface area (Å²) in [5, 5.41) is 0. The summed E-state index contributed by atoms with van der Waals surface area (Å²) < 4.78 is 22.3. The second-order valence-corrected chi connectivity index (χ2v) is 11.4. The van der Waals surface area contributed by atoms with Gasteiger partial charge in [0, 0.05) is 12.5 Å². The summed E-state index contributed by atoms with van der Waals surface area (Å²) in [6.07, 6.45) is 1.82. The minimum absolute atomic E-state index is 0.0146. The molecule has 6 heteroatoms. The first kappa shape index (κ1) is 26.2. The van der Waals surface area contributed by atoms with E-state index in [0.717, 1.165) is 24.3 Å². The fraction of sp³-hybridized carbons (Fsp3) is 0.533. The Balaban J connectivity index is 1.62. The van der Waals surface area contributed by atoms with Gasteiger partial charge >= 0.3 is 5.97 Å². The van der Waals surface area contributed by atoms with Gasteiger partial charge in [-0.05, 0) is 77.1 Å². The lowest BCUT2D eigenvalue weighted by Gasteiger charge is -2.30. The molecule has 0 fully saturated rings. The Morgan fingerprint density at radius 2 is 1.25 bits per heavy atom. The fourth-order valence-electron chi connectivity index (χ4n) is 6.30. The summed E-state index contributed by atoms with van der Waals surface area (Å²) in [4.78, 5) is 22.7. The zero-order valence-electron chi connectivity index (χ0n) is 22.4. The van der Waals surface area contributed by atoms with E-state index in [2.05, 4.69) is 58.0 Å². The summed E-state index contributed by atoms with van der Waals surface area (Å²) >= 11 is 0. The lowest BCUT2D eigenvalue weighted by molar-refractivity contribution is -0.146. The largest absolute Gasteiger partial charge is 0.491 e. The average Bonchev–Trinajstić information content (AvgIpc) is 3.16. The van der Waals surface area contributed by atoms with Crippen molar-refractivity contribution in [3.63, 3.8) is 0 Å². The predicted molar refractivity (Wildman–Crippen MR) is 138 cm³/mol. The van der Waals surface area contributed by atoms with Crippen LogP contribution in [0.3, 0.4) is 0 Å². The third-order valence-corrected chi connectivity index (χ3v) is 7.52.